The van der Waals surface area contributed by atoms with Gasteiger partial charge in [-0.1, -0.05) is 24.3 Å². The van der Waals surface area contributed by atoms with Gasteiger partial charge in [-0.15, -0.1) is 24.8 Å². The fourth-order valence-electron chi connectivity index (χ4n) is 2.43. The second kappa shape index (κ2) is 9.19. The third-order valence-electron chi connectivity index (χ3n) is 3.48. The molecule has 1 heterocycles. The SMILES string of the molecule is CNCc1ccc(CN2CCC(C(N)=O)C2)cc1.Cl.Cl. The van der Waals surface area contributed by atoms with Gasteiger partial charge in [0.15, 0.2) is 0 Å². The lowest BCUT2D eigenvalue weighted by molar-refractivity contribution is -0.121. The van der Waals surface area contributed by atoms with Gasteiger partial charge in [0.2, 0.25) is 5.91 Å². The molecule has 0 aromatic heterocycles. The number of nitrogens with two attached hydrogens (primary N) is 1. The molecule has 1 aliphatic rings. The molecule has 1 unspecified atom stereocenters. The fourth-order valence-corrected chi connectivity index (χ4v) is 2.43. The fraction of sp³-hybridized carbons (Fsp3) is 0.500. The Kier molecular flexibility index (Phi) is 8.81. The van der Waals surface area contributed by atoms with E-state index in [-0.39, 0.29) is 36.6 Å². The number of carbonyl (C=O) groups is 1. The highest BCUT2D eigenvalue weighted by Gasteiger charge is 2.26. The highest BCUT2D eigenvalue weighted by molar-refractivity contribution is 5.85. The molecule has 6 heteroatoms. The van der Waals surface area contributed by atoms with Crippen molar-refractivity contribution in [1.29, 1.82) is 0 Å². The first-order valence-corrected chi connectivity index (χ1v) is 6.43. The van der Waals surface area contributed by atoms with Crippen LogP contribution in [-0.4, -0.2) is 30.9 Å². The first-order valence-electron chi connectivity index (χ1n) is 6.43. The Morgan fingerprint density at radius 1 is 1.30 bits per heavy atom. The second-order valence-electron chi connectivity index (χ2n) is 4.97. The van der Waals surface area contributed by atoms with Crippen LogP contribution in [0.2, 0.25) is 0 Å². The zero-order chi connectivity index (χ0) is 13.0. The number of primary amides is 1. The Morgan fingerprint density at radius 3 is 2.40 bits per heavy atom. The van der Waals surface area contributed by atoms with E-state index in [4.69, 9.17) is 5.73 Å². The summed E-state index contributed by atoms with van der Waals surface area (Å²) in [6.45, 7) is 3.57. The summed E-state index contributed by atoms with van der Waals surface area (Å²) in [6.07, 6.45) is 0.896. The van der Waals surface area contributed by atoms with Crippen LogP contribution in [0, 0.1) is 5.92 Å². The maximum absolute atomic E-state index is 11.1. The molecule has 0 radical (unpaired) electrons. The van der Waals surface area contributed by atoms with Crippen molar-refractivity contribution in [3.8, 4) is 0 Å². The van der Waals surface area contributed by atoms with Crippen LogP contribution >= 0.6 is 24.8 Å². The number of halogens is 2. The van der Waals surface area contributed by atoms with Gasteiger partial charge in [0.25, 0.3) is 0 Å². The molecular weight excluding hydrogens is 297 g/mol. The molecule has 0 saturated carbocycles. The largest absolute Gasteiger partial charge is 0.369 e. The van der Waals surface area contributed by atoms with Crippen molar-refractivity contribution in [1.82, 2.24) is 10.2 Å². The first kappa shape index (κ1) is 19.2. The minimum atomic E-state index is -0.165. The molecule has 3 N–H and O–H groups in total. The van der Waals surface area contributed by atoms with E-state index in [2.05, 4.69) is 34.5 Å². The van der Waals surface area contributed by atoms with E-state index in [0.717, 1.165) is 32.6 Å². The van der Waals surface area contributed by atoms with Crippen LogP contribution < -0.4 is 11.1 Å². The monoisotopic (exact) mass is 319 g/mol. The average molecular weight is 320 g/mol. The number of nitrogens with one attached hydrogen (secondary N) is 1. The summed E-state index contributed by atoms with van der Waals surface area (Å²) < 4.78 is 0. The van der Waals surface area contributed by atoms with E-state index in [1.807, 2.05) is 7.05 Å². The van der Waals surface area contributed by atoms with Crippen molar-refractivity contribution in [3.63, 3.8) is 0 Å². The number of nitrogens with zero attached hydrogens (tertiary/aromatic N) is 1. The average Bonchev–Trinajstić information content (AvgIpc) is 2.81. The molecule has 0 bridgehead atoms. The lowest BCUT2D eigenvalue weighted by Crippen LogP contribution is -2.27. The summed E-state index contributed by atoms with van der Waals surface area (Å²) >= 11 is 0. The van der Waals surface area contributed by atoms with Gasteiger partial charge in [-0.3, -0.25) is 9.69 Å². The van der Waals surface area contributed by atoms with Gasteiger partial charge in [0, 0.05) is 19.6 Å². The van der Waals surface area contributed by atoms with Crippen molar-refractivity contribution in [2.24, 2.45) is 11.7 Å². The van der Waals surface area contributed by atoms with E-state index in [9.17, 15) is 4.79 Å². The molecule has 1 aliphatic heterocycles. The Labute approximate surface area is 132 Å². The Hall–Kier alpha value is -0.810. The quantitative estimate of drug-likeness (QED) is 0.866. The Morgan fingerprint density at radius 2 is 1.90 bits per heavy atom. The van der Waals surface area contributed by atoms with Crippen LogP contribution in [-0.2, 0) is 17.9 Å². The molecule has 20 heavy (non-hydrogen) atoms. The molecule has 1 atom stereocenters. The minimum Gasteiger partial charge on any atom is -0.369 e. The van der Waals surface area contributed by atoms with Crippen molar-refractivity contribution in [3.05, 3.63) is 35.4 Å². The van der Waals surface area contributed by atoms with Crippen LogP contribution in [0.5, 0.6) is 0 Å². The summed E-state index contributed by atoms with van der Waals surface area (Å²) in [5.74, 6) is -0.129. The normalized spacial score (nSPS) is 18.1. The topological polar surface area (TPSA) is 58.4 Å². The van der Waals surface area contributed by atoms with E-state index in [1.165, 1.54) is 11.1 Å². The zero-order valence-electron chi connectivity index (χ0n) is 11.7. The highest BCUT2D eigenvalue weighted by atomic mass is 35.5. The first-order chi connectivity index (χ1) is 8.69. The Balaban J connectivity index is 0.00000180. The number of amides is 1. The Bertz CT molecular complexity index is 411. The maximum Gasteiger partial charge on any atom is 0.221 e. The smallest absolute Gasteiger partial charge is 0.221 e. The van der Waals surface area contributed by atoms with Crippen molar-refractivity contribution in [2.75, 3.05) is 20.1 Å². The van der Waals surface area contributed by atoms with Gasteiger partial charge in [0.1, 0.15) is 0 Å². The third-order valence-corrected chi connectivity index (χ3v) is 3.48. The predicted octanol–water partition coefficient (Wildman–Crippen LogP) is 1.56. The number of hydrogen-bond acceptors (Lipinski definition) is 3. The van der Waals surface area contributed by atoms with Crippen molar-refractivity contribution >= 4 is 30.7 Å². The number of hydrogen-bond donors (Lipinski definition) is 2. The van der Waals surface area contributed by atoms with E-state index in [0.29, 0.717) is 0 Å². The molecule has 114 valence electrons. The van der Waals surface area contributed by atoms with Gasteiger partial charge < -0.3 is 11.1 Å². The zero-order valence-corrected chi connectivity index (χ0v) is 13.3. The summed E-state index contributed by atoms with van der Waals surface area (Å²) in [5.41, 5.74) is 7.92. The summed E-state index contributed by atoms with van der Waals surface area (Å²) in [6, 6.07) is 8.61. The predicted molar refractivity (Wildman–Crippen MR) is 86.3 cm³/mol. The van der Waals surface area contributed by atoms with Gasteiger partial charge >= 0.3 is 0 Å². The van der Waals surface area contributed by atoms with Crippen LogP contribution in [0.4, 0.5) is 0 Å². The second-order valence-corrected chi connectivity index (χ2v) is 4.97. The van der Waals surface area contributed by atoms with Crippen LogP contribution in [0.1, 0.15) is 17.5 Å². The maximum atomic E-state index is 11.1. The molecule has 1 aromatic carbocycles. The number of likely N-dealkylation sites (tertiary alicyclic amines) is 1. The molecule has 1 saturated heterocycles. The van der Waals surface area contributed by atoms with Gasteiger partial charge in [0.05, 0.1) is 5.92 Å². The minimum absolute atomic E-state index is 0. The number of benzene rings is 1. The lowest BCUT2D eigenvalue weighted by Gasteiger charge is -2.15. The van der Waals surface area contributed by atoms with E-state index in [1.54, 1.807) is 0 Å². The standard InChI is InChI=1S/C14H21N3O.2ClH/c1-16-8-11-2-4-12(5-3-11)9-17-7-6-13(10-17)14(15)18;;/h2-5,13,16H,6-10H2,1H3,(H2,15,18);2*1H. The molecule has 0 aliphatic carbocycles. The van der Waals surface area contributed by atoms with Gasteiger partial charge in [-0.05, 0) is 31.1 Å². The molecule has 0 spiro atoms. The number of rotatable bonds is 5. The van der Waals surface area contributed by atoms with Crippen LogP contribution in [0.15, 0.2) is 24.3 Å². The lowest BCUT2D eigenvalue weighted by atomic mass is 10.1. The van der Waals surface area contributed by atoms with E-state index >= 15 is 0 Å². The molecule has 1 fully saturated rings. The highest BCUT2D eigenvalue weighted by Crippen LogP contribution is 2.18. The van der Waals surface area contributed by atoms with Gasteiger partial charge in [-0.25, -0.2) is 0 Å². The van der Waals surface area contributed by atoms with Crippen molar-refractivity contribution < 1.29 is 4.79 Å². The van der Waals surface area contributed by atoms with Crippen LogP contribution in [0.3, 0.4) is 0 Å². The van der Waals surface area contributed by atoms with Gasteiger partial charge in [-0.2, -0.15) is 0 Å². The summed E-state index contributed by atoms with van der Waals surface area (Å²) in [7, 11) is 1.95. The summed E-state index contributed by atoms with van der Waals surface area (Å²) in [4.78, 5) is 13.4. The summed E-state index contributed by atoms with van der Waals surface area (Å²) in [5, 5.41) is 3.13. The molecule has 4 nitrogen and oxygen atoms in total. The van der Waals surface area contributed by atoms with Crippen LogP contribution in [0.25, 0.3) is 0 Å². The third kappa shape index (κ3) is 5.29. The molecule has 2 rings (SSSR count). The molecule has 1 amide bonds. The van der Waals surface area contributed by atoms with Crippen molar-refractivity contribution in [2.45, 2.75) is 19.5 Å². The number of carbonyl (C=O) groups excluding carboxylic acids is 1. The molecular formula is C14H23Cl2N3O. The van der Waals surface area contributed by atoms with E-state index < -0.39 is 0 Å². The molecule has 1 aromatic rings.